The number of Topliss-reactive ketones (excluding diaryl/α,β-unsaturated/α-hetero) is 1. The highest BCUT2D eigenvalue weighted by atomic mass is 16.5. The maximum atomic E-state index is 12.7. The van der Waals surface area contributed by atoms with E-state index in [0.29, 0.717) is 18.0 Å². The molecule has 1 amide bonds. The molecule has 2 aromatic rings. The standard InChI is InChI=1S/C19H25N5O5/c1-5-24(11-15(26)21-12-6-8-13(29-4)9-7-12)10-14(25)16-17(20)22(2)19(28)23(3)18(16)27/h6-9H,5,10-11,20H2,1-4H3,(H,21,26). The topological polar surface area (TPSA) is 129 Å². The number of ether oxygens (including phenoxy) is 1. The van der Waals surface area contributed by atoms with E-state index in [1.807, 2.05) is 0 Å². The fraction of sp³-hybridized carbons (Fsp3) is 0.368. The smallest absolute Gasteiger partial charge is 0.332 e. The summed E-state index contributed by atoms with van der Waals surface area (Å²) in [5.41, 5.74) is 4.78. The number of anilines is 2. The first-order chi connectivity index (χ1) is 13.7. The summed E-state index contributed by atoms with van der Waals surface area (Å²) in [7, 11) is 4.21. The van der Waals surface area contributed by atoms with Crippen molar-refractivity contribution in [2.24, 2.45) is 14.1 Å². The number of nitrogens with zero attached hydrogens (tertiary/aromatic N) is 3. The lowest BCUT2D eigenvalue weighted by molar-refractivity contribution is -0.117. The van der Waals surface area contributed by atoms with Crippen molar-refractivity contribution in [2.75, 3.05) is 37.8 Å². The fourth-order valence-corrected chi connectivity index (χ4v) is 2.76. The van der Waals surface area contributed by atoms with Crippen LogP contribution in [0.2, 0.25) is 0 Å². The maximum Gasteiger partial charge on any atom is 0.332 e. The van der Waals surface area contributed by atoms with E-state index in [0.717, 1.165) is 9.13 Å². The minimum Gasteiger partial charge on any atom is -0.497 e. The number of rotatable bonds is 8. The largest absolute Gasteiger partial charge is 0.497 e. The summed E-state index contributed by atoms with van der Waals surface area (Å²) in [6.07, 6.45) is 0. The number of carbonyl (C=O) groups excluding carboxylic acids is 2. The van der Waals surface area contributed by atoms with Gasteiger partial charge in [0.25, 0.3) is 5.56 Å². The normalized spacial score (nSPS) is 10.8. The summed E-state index contributed by atoms with van der Waals surface area (Å²) >= 11 is 0. The molecule has 156 valence electrons. The van der Waals surface area contributed by atoms with Gasteiger partial charge in [0.1, 0.15) is 17.1 Å². The van der Waals surface area contributed by atoms with Gasteiger partial charge in [0.2, 0.25) is 5.91 Å². The van der Waals surface area contributed by atoms with Gasteiger partial charge in [-0.15, -0.1) is 0 Å². The molecule has 1 aromatic carbocycles. The number of aromatic nitrogens is 2. The van der Waals surface area contributed by atoms with Crippen LogP contribution in [0, 0.1) is 0 Å². The summed E-state index contributed by atoms with van der Waals surface area (Å²) in [6, 6.07) is 6.84. The molecule has 0 saturated carbocycles. The Bertz CT molecular complexity index is 1020. The minimum absolute atomic E-state index is 0.0553. The number of hydrogen-bond acceptors (Lipinski definition) is 7. The van der Waals surface area contributed by atoms with Gasteiger partial charge in [0, 0.05) is 19.8 Å². The number of carbonyl (C=O) groups is 2. The molecule has 2 rings (SSSR count). The number of hydrogen-bond donors (Lipinski definition) is 2. The molecule has 0 spiro atoms. The molecule has 0 radical (unpaired) electrons. The van der Waals surface area contributed by atoms with Crippen LogP contribution in [0.5, 0.6) is 5.75 Å². The Morgan fingerprint density at radius 2 is 1.72 bits per heavy atom. The molecule has 3 N–H and O–H groups in total. The van der Waals surface area contributed by atoms with E-state index in [2.05, 4.69) is 5.32 Å². The third kappa shape index (κ3) is 4.91. The van der Waals surface area contributed by atoms with E-state index < -0.39 is 17.0 Å². The monoisotopic (exact) mass is 403 g/mol. The van der Waals surface area contributed by atoms with Gasteiger partial charge in [-0.1, -0.05) is 6.92 Å². The maximum absolute atomic E-state index is 12.7. The molecule has 10 heteroatoms. The minimum atomic E-state index is -0.755. The van der Waals surface area contributed by atoms with Crippen LogP contribution in [0.4, 0.5) is 11.5 Å². The number of nitrogens with two attached hydrogens (primary N) is 1. The molecule has 0 unspecified atom stereocenters. The number of nitrogens with one attached hydrogen (secondary N) is 1. The molecule has 0 saturated heterocycles. The quantitative estimate of drug-likeness (QED) is 0.585. The van der Waals surface area contributed by atoms with Crippen molar-refractivity contribution in [3.05, 3.63) is 50.7 Å². The van der Waals surface area contributed by atoms with E-state index >= 15 is 0 Å². The Morgan fingerprint density at radius 1 is 1.10 bits per heavy atom. The van der Waals surface area contributed by atoms with Gasteiger partial charge in [-0.05, 0) is 30.8 Å². The van der Waals surface area contributed by atoms with E-state index in [1.54, 1.807) is 43.2 Å². The van der Waals surface area contributed by atoms with Crippen molar-refractivity contribution >= 4 is 23.2 Å². The van der Waals surface area contributed by atoms with Crippen molar-refractivity contribution < 1.29 is 14.3 Å². The van der Waals surface area contributed by atoms with Crippen LogP contribution in [0.1, 0.15) is 17.3 Å². The molecule has 0 bridgehead atoms. The predicted octanol–water partition coefficient (Wildman–Crippen LogP) is -0.182. The number of amides is 1. The fourth-order valence-electron chi connectivity index (χ4n) is 2.76. The summed E-state index contributed by atoms with van der Waals surface area (Å²) in [6.45, 7) is 1.94. The van der Waals surface area contributed by atoms with Crippen LogP contribution in [0.15, 0.2) is 33.9 Å². The van der Waals surface area contributed by atoms with Gasteiger partial charge in [-0.25, -0.2) is 4.79 Å². The molecule has 29 heavy (non-hydrogen) atoms. The SMILES string of the molecule is CCN(CC(=O)Nc1ccc(OC)cc1)CC(=O)c1c(N)n(C)c(=O)n(C)c1=O. The summed E-state index contributed by atoms with van der Waals surface area (Å²) < 4.78 is 6.94. The van der Waals surface area contributed by atoms with Gasteiger partial charge in [0.05, 0.1) is 20.2 Å². The van der Waals surface area contributed by atoms with Crippen LogP contribution >= 0.6 is 0 Å². The average molecular weight is 403 g/mol. The van der Waals surface area contributed by atoms with Gasteiger partial charge in [-0.3, -0.25) is 28.4 Å². The van der Waals surface area contributed by atoms with Crippen LogP contribution < -0.4 is 27.0 Å². The van der Waals surface area contributed by atoms with Gasteiger partial charge in [0.15, 0.2) is 5.78 Å². The van der Waals surface area contributed by atoms with E-state index in [4.69, 9.17) is 10.5 Å². The average Bonchev–Trinajstić information content (AvgIpc) is 2.70. The lowest BCUT2D eigenvalue weighted by Gasteiger charge is -2.20. The van der Waals surface area contributed by atoms with Gasteiger partial charge in [-0.2, -0.15) is 0 Å². The Balaban J connectivity index is 2.11. The third-order valence-electron chi connectivity index (χ3n) is 4.54. The van der Waals surface area contributed by atoms with E-state index in [-0.39, 0.29) is 30.4 Å². The molecule has 0 atom stereocenters. The Kier molecular flexibility index (Phi) is 6.94. The summed E-state index contributed by atoms with van der Waals surface area (Å²) in [4.78, 5) is 50.8. The van der Waals surface area contributed by atoms with Crippen molar-refractivity contribution in [1.29, 1.82) is 0 Å². The number of benzene rings is 1. The van der Waals surface area contributed by atoms with E-state index in [1.165, 1.54) is 14.1 Å². The molecule has 0 aliphatic heterocycles. The number of nitrogen functional groups attached to an aromatic ring is 1. The van der Waals surface area contributed by atoms with Crippen molar-refractivity contribution in [2.45, 2.75) is 6.92 Å². The molecular weight excluding hydrogens is 378 g/mol. The molecular formula is C19H25N5O5. The molecule has 10 nitrogen and oxygen atoms in total. The Morgan fingerprint density at radius 3 is 2.28 bits per heavy atom. The first-order valence-corrected chi connectivity index (χ1v) is 8.94. The number of methoxy groups -OCH3 is 1. The number of likely N-dealkylation sites (N-methyl/N-ethyl adjacent to an activating group) is 1. The lowest BCUT2D eigenvalue weighted by Crippen LogP contribution is -2.44. The molecule has 0 aliphatic carbocycles. The summed E-state index contributed by atoms with van der Waals surface area (Å²) in [5.74, 6) is -0.397. The van der Waals surface area contributed by atoms with Crippen molar-refractivity contribution in [3.8, 4) is 5.75 Å². The Hall–Kier alpha value is -3.40. The predicted molar refractivity (Wildman–Crippen MR) is 109 cm³/mol. The summed E-state index contributed by atoms with van der Waals surface area (Å²) in [5, 5.41) is 2.74. The van der Waals surface area contributed by atoms with E-state index in [9.17, 15) is 19.2 Å². The first-order valence-electron chi connectivity index (χ1n) is 8.94. The molecule has 1 heterocycles. The zero-order chi connectivity index (χ0) is 21.7. The molecule has 0 aliphatic rings. The highest BCUT2D eigenvalue weighted by Gasteiger charge is 2.22. The zero-order valence-corrected chi connectivity index (χ0v) is 16.9. The van der Waals surface area contributed by atoms with Crippen LogP contribution in [0.3, 0.4) is 0 Å². The highest BCUT2D eigenvalue weighted by molar-refractivity contribution is 6.01. The second-order valence-corrected chi connectivity index (χ2v) is 6.47. The molecule has 0 fully saturated rings. The van der Waals surface area contributed by atoms with Crippen LogP contribution in [-0.2, 0) is 18.9 Å². The third-order valence-corrected chi connectivity index (χ3v) is 4.54. The second kappa shape index (κ2) is 9.20. The lowest BCUT2D eigenvalue weighted by atomic mass is 10.1. The van der Waals surface area contributed by atoms with Crippen LogP contribution in [0.25, 0.3) is 0 Å². The molecule has 1 aromatic heterocycles. The first kappa shape index (κ1) is 21.9. The highest BCUT2D eigenvalue weighted by Crippen LogP contribution is 2.15. The van der Waals surface area contributed by atoms with Crippen LogP contribution in [-0.4, -0.2) is 52.5 Å². The van der Waals surface area contributed by atoms with Gasteiger partial charge < -0.3 is 15.8 Å². The second-order valence-electron chi connectivity index (χ2n) is 6.47. The van der Waals surface area contributed by atoms with Crippen molar-refractivity contribution in [3.63, 3.8) is 0 Å². The van der Waals surface area contributed by atoms with Gasteiger partial charge >= 0.3 is 5.69 Å². The van der Waals surface area contributed by atoms with Crippen molar-refractivity contribution in [1.82, 2.24) is 14.0 Å². The Labute approximate surface area is 167 Å². The zero-order valence-electron chi connectivity index (χ0n) is 16.9. The number of ketones is 1.